The first-order valence-corrected chi connectivity index (χ1v) is 9.68. The molecule has 1 amide bonds. The fraction of sp³-hybridized carbons (Fsp3) is 0.273. The molecule has 7 heteroatoms. The molecule has 0 atom stereocenters. The second kappa shape index (κ2) is 9.46. The lowest BCUT2D eigenvalue weighted by Gasteiger charge is -2.30. The molecule has 150 valence electrons. The average Bonchev–Trinajstić information content (AvgIpc) is 2.73. The van der Waals surface area contributed by atoms with Crippen molar-refractivity contribution in [3.8, 4) is 6.07 Å². The Hall–Kier alpha value is -3.01. The maximum absolute atomic E-state index is 12.8. The first kappa shape index (κ1) is 20.7. The Morgan fingerprint density at radius 3 is 2.52 bits per heavy atom. The summed E-state index contributed by atoms with van der Waals surface area (Å²) in [7, 11) is 3.91. The zero-order valence-corrected chi connectivity index (χ0v) is 17.2. The molecule has 1 fully saturated rings. The van der Waals surface area contributed by atoms with Crippen molar-refractivity contribution < 1.29 is 9.53 Å². The largest absolute Gasteiger partial charge is 0.378 e. The van der Waals surface area contributed by atoms with Gasteiger partial charge in [0.1, 0.15) is 11.6 Å². The lowest BCUT2D eigenvalue weighted by atomic mass is 10.1. The van der Waals surface area contributed by atoms with Gasteiger partial charge in [0.05, 0.1) is 24.6 Å². The number of morpholine rings is 1. The van der Waals surface area contributed by atoms with Crippen molar-refractivity contribution in [1.29, 1.82) is 5.26 Å². The quantitative estimate of drug-likeness (QED) is 0.600. The van der Waals surface area contributed by atoms with E-state index in [1.165, 1.54) is 0 Å². The zero-order chi connectivity index (χ0) is 20.8. The van der Waals surface area contributed by atoms with Gasteiger partial charge in [0, 0.05) is 37.9 Å². The van der Waals surface area contributed by atoms with Gasteiger partial charge in [-0.25, -0.2) is 0 Å². The first-order valence-electron chi connectivity index (χ1n) is 9.30. The van der Waals surface area contributed by atoms with Crippen molar-refractivity contribution in [3.63, 3.8) is 0 Å². The molecule has 1 N–H and O–H groups in total. The van der Waals surface area contributed by atoms with Crippen LogP contribution in [0.2, 0.25) is 5.02 Å². The van der Waals surface area contributed by atoms with Gasteiger partial charge < -0.3 is 19.9 Å². The number of carbonyl (C=O) groups is 1. The molecule has 0 aliphatic carbocycles. The highest BCUT2D eigenvalue weighted by Gasteiger charge is 2.18. The van der Waals surface area contributed by atoms with Crippen LogP contribution < -0.4 is 15.1 Å². The normalized spacial score (nSPS) is 14.3. The Labute approximate surface area is 175 Å². The predicted molar refractivity (Wildman–Crippen MR) is 117 cm³/mol. The van der Waals surface area contributed by atoms with Crippen LogP contribution in [0.4, 0.5) is 17.1 Å². The van der Waals surface area contributed by atoms with Crippen molar-refractivity contribution in [2.75, 3.05) is 55.5 Å². The van der Waals surface area contributed by atoms with E-state index in [-0.39, 0.29) is 5.57 Å². The molecule has 0 saturated carbocycles. The first-order chi connectivity index (χ1) is 14.0. The molecule has 2 aromatic carbocycles. The van der Waals surface area contributed by atoms with E-state index in [1.54, 1.807) is 18.2 Å². The van der Waals surface area contributed by atoms with Crippen molar-refractivity contribution in [2.45, 2.75) is 0 Å². The van der Waals surface area contributed by atoms with Crippen LogP contribution in [0.5, 0.6) is 0 Å². The topological polar surface area (TPSA) is 68.6 Å². The standard InChI is InChI=1S/C22H23ClN4O2/c1-26(2)19-6-3-16(4-7-19)13-17(15-24)22(28)25-20-14-18(23)5-8-21(20)27-9-11-29-12-10-27/h3-8,13-14H,9-12H2,1-2H3,(H,25,28)/b17-13+. The van der Waals surface area contributed by atoms with Gasteiger partial charge in [0.2, 0.25) is 0 Å². The number of hydrogen-bond acceptors (Lipinski definition) is 5. The van der Waals surface area contributed by atoms with Gasteiger partial charge in [-0.15, -0.1) is 0 Å². The molecule has 29 heavy (non-hydrogen) atoms. The lowest BCUT2D eigenvalue weighted by molar-refractivity contribution is -0.112. The number of benzene rings is 2. The number of nitrogens with one attached hydrogen (secondary N) is 1. The maximum atomic E-state index is 12.8. The molecule has 1 aliphatic heterocycles. The molecule has 0 aromatic heterocycles. The van der Waals surface area contributed by atoms with E-state index in [0.29, 0.717) is 23.9 Å². The van der Waals surface area contributed by atoms with Gasteiger partial charge in [0.25, 0.3) is 5.91 Å². The van der Waals surface area contributed by atoms with Gasteiger partial charge in [-0.05, 0) is 42.0 Å². The Balaban J connectivity index is 1.82. The van der Waals surface area contributed by atoms with Crippen LogP contribution in [-0.2, 0) is 9.53 Å². The van der Waals surface area contributed by atoms with Crippen LogP contribution in [0, 0.1) is 11.3 Å². The fourth-order valence-corrected chi connectivity index (χ4v) is 3.23. The summed E-state index contributed by atoms with van der Waals surface area (Å²) >= 11 is 6.14. The van der Waals surface area contributed by atoms with Crippen molar-refractivity contribution in [3.05, 3.63) is 58.6 Å². The Morgan fingerprint density at radius 2 is 1.90 bits per heavy atom. The third kappa shape index (κ3) is 5.29. The van der Waals surface area contributed by atoms with Gasteiger partial charge in [-0.1, -0.05) is 23.7 Å². The molecular weight excluding hydrogens is 388 g/mol. The number of rotatable bonds is 5. The highest BCUT2D eigenvalue weighted by molar-refractivity contribution is 6.31. The molecule has 2 aromatic rings. The Morgan fingerprint density at radius 1 is 1.21 bits per heavy atom. The summed E-state index contributed by atoms with van der Waals surface area (Å²) in [6.07, 6.45) is 1.58. The average molecular weight is 411 g/mol. The van der Waals surface area contributed by atoms with E-state index >= 15 is 0 Å². The van der Waals surface area contributed by atoms with E-state index in [0.717, 1.165) is 30.0 Å². The van der Waals surface area contributed by atoms with E-state index in [4.69, 9.17) is 16.3 Å². The van der Waals surface area contributed by atoms with E-state index < -0.39 is 5.91 Å². The Bertz CT molecular complexity index is 942. The second-order valence-electron chi connectivity index (χ2n) is 6.87. The Kier molecular flexibility index (Phi) is 6.76. The molecule has 1 heterocycles. The molecule has 3 rings (SSSR count). The molecule has 0 spiro atoms. The van der Waals surface area contributed by atoms with Gasteiger partial charge >= 0.3 is 0 Å². The van der Waals surface area contributed by atoms with Crippen molar-refractivity contribution in [1.82, 2.24) is 0 Å². The molecular formula is C22H23ClN4O2. The smallest absolute Gasteiger partial charge is 0.266 e. The number of amides is 1. The minimum atomic E-state index is -0.471. The highest BCUT2D eigenvalue weighted by Crippen LogP contribution is 2.30. The number of hydrogen-bond donors (Lipinski definition) is 1. The summed E-state index contributed by atoms with van der Waals surface area (Å²) in [5, 5.41) is 12.9. The number of carbonyl (C=O) groups excluding carboxylic acids is 1. The third-order valence-corrected chi connectivity index (χ3v) is 4.88. The molecule has 1 aliphatic rings. The number of anilines is 3. The summed E-state index contributed by atoms with van der Waals surface area (Å²) in [6.45, 7) is 2.71. The highest BCUT2D eigenvalue weighted by atomic mass is 35.5. The van der Waals surface area contributed by atoms with E-state index in [9.17, 15) is 10.1 Å². The van der Waals surface area contributed by atoms with Crippen LogP contribution in [0.3, 0.4) is 0 Å². The molecule has 6 nitrogen and oxygen atoms in total. The van der Waals surface area contributed by atoms with Crippen LogP contribution in [0.15, 0.2) is 48.0 Å². The summed E-state index contributed by atoms with van der Waals surface area (Å²) < 4.78 is 5.40. The number of ether oxygens (including phenoxy) is 1. The van der Waals surface area contributed by atoms with Gasteiger partial charge in [-0.2, -0.15) is 5.26 Å². The van der Waals surface area contributed by atoms with Crippen molar-refractivity contribution in [2.24, 2.45) is 0 Å². The predicted octanol–water partition coefficient (Wildman–Crippen LogP) is 3.79. The summed E-state index contributed by atoms with van der Waals surface area (Å²) in [5.74, 6) is -0.471. The van der Waals surface area contributed by atoms with Crippen molar-refractivity contribution >= 4 is 40.6 Å². The van der Waals surface area contributed by atoms with Gasteiger partial charge in [-0.3, -0.25) is 4.79 Å². The minimum Gasteiger partial charge on any atom is -0.378 e. The molecule has 0 unspecified atom stereocenters. The van der Waals surface area contributed by atoms with E-state index in [1.807, 2.05) is 55.4 Å². The number of halogens is 1. The monoisotopic (exact) mass is 410 g/mol. The SMILES string of the molecule is CN(C)c1ccc(/C=C(\C#N)C(=O)Nc2cc(Cl)ccc2N2CCOCC2)cc1. The summed E-state index contributed by atoms with van der Waals surface area (Å²) in [5.41, 5.74) is 3.28. The van der Waals surface area contributed by atoms with E-state index in [2.05, 4.69) is 10.2 Å². The number of nitriles is 1. The van der Waals surface area contributed by atoms with Crippen LogP contribution in [-0.4, -0.2) is 46.3 Å². The zero-order valence-electron chi connectivity index (χ0n) is 16.5. The molecule has 1 saturated heterocycles. The van der Waals surface area contributed by atoms with Crippen LogP contribution in [0.25, 0.3) is 6.08 Å². The van der Waals surface area contributed by atoms with Crippen LogP contribution in [0.1, 0.15) is 5.56 Å². The summed E-state index contributed by atoms with van der Waals surface area (Å²) in [4.78, 5) is 16.9. The maximum Gasteiger partial charge on any atom is 0.266 e. The second-order valence-corrected chi connectivity index (χ2v) is 7.31. The lowest BCUT2D eigenvalue weighted by Crippen LogP contribution is -2.36. The fourth-order valence-electron chi connectivity index (χ4n) is 3.06. The van der Waals surface area contributed by atoms with Gasteiger partial charge in [0.15, 0.2) is 0 Å². The number of nitrogens with zero attached hydrogens (tertiary/aromatic N) is 3. The molecule has 0 radical (unpaired) electrons. The minimum absolute atomic E-state index is 0.0236. The summed E-state index contributed by atoms with van der Waals surface area (Å²) in [6, 6.07) is 15.0. The molecule has 0 bridgehead atoms. The third-order valence-electron chi connectivity index (χ3n) is 4.64. The van der Waals surface area contributed by atoms with Crippen LogP contribution >= 0.6 is 11.6 Å².